The Hall–Kier alpha value is -2.56. The predicted molar refractivity (Wildman–Crippen MR) is 79.2 cm³/mol. The van der Waals surface area contributed by atoms with Crippen molar-refractivity contribution in [3.63, 3.8) is 0 Å². The van der Waals surface area contributed by atoms with Crippen molar-refractivity contribution in [2.24, 2.45) is 0 Å². The summed E-state index contributed by atoms with van der Waals surface area (Å²) in [6.07, 6.45) is 1.61. The molecule has 0 aliphatic carbocycles. The molecule has 1 aromatic heterocycles. The number of pyridine rings is 1. The number of amides is 2. The molecule has 0 unspecified atom stereocenters. The summed E-state index contributed by atoms with van der Waals surface area (Å²) in [7, 11) is 0. The van der Waals surface area contributed by atoms with Crippen LogP contribution in [0, 0.1) is 6.92 Å². The minimum absolute atomic E-state index is 0.331. The number of carbonyl (C=O) groups is 1. The number of para-hydroxylation sites is 2. The number of aromatic nitrogens is 1. The van der Waals surface area contributed by atoms with Crippen LogP contribution in [0.2, 0.25) is 0 Å². The van der Waals surface area contributed by atoms with E-state index in [0.717, 1.165) is 5.69 Å². The molecule has 0 aliphatic heterocycles. The Kier molecular flexibility index (Phi) is 4.55. The molecule has 0 saturated carbocycles. The Labute approximate surface area is 118 Å². The molecule has 0 radical (unpaired) electrons. The van der Waals surface area contributed by atoms with Gasteiger partial charge in [0.1, 0.15) is 5.75 Å². The van der Waals surface area contributed by atoms with Crippen molar-refractivity contribution in [3.8, 4) is 5.75 Å². The van der Waals surface area contributed by atoms with E-state index >= 15 is 0 Å². The van der Waals surface area contributed by atoms with Gasteiger partial charge < -0.3 is 15.4 Å². The van der Waals surface area contributed by atoms with E-state index in [1.807, 2.05) is 38.1 Å². The van der Waals surface area contributed by atoms with E-state index in [1.165, 1.54) is 0 Å². The lowest BCUT2D eigenvalue weighted by molar-refractivity contribution is 0.262. The molecule has 0 fully saturated rings. The van der Waals surface area contributed by atoms with Crippen molar-refractivity contribution < 1.29 is 9.53 Å². The summed E-state index contributed by atoms with van der Waals surface area (Å²) in [5.41, 5.74) is 2.17. The number of hydrogen-bond donors (Lipinski definition) is 2. The molecular weight excluding hydrogens is 254 g/mol. The van der Waals surface area contributed by atoms with E-state index in [9.17, 15) is 4.79 Å². The number of urea groups is 1. The highest BCUT2D eigenvalue weighted by Crippen LogP contribution is 2.23. The van der Waals surface area contributed by atoms with Crippen LogP contribution in [0.1, 0.15) is 12.6 Å². The zero-order valence-corrected chi connectivity index (χ0v) is 11.5. The predicted octanol–water partition coefficient (Wildman–Crippen LogP) is 3.43. The highest BCUT2D eigenvalue weighted by Gasteiger charge is 2.07. The standard InChI is InChI=1S/C15H17N3O2/c1-3-20-14-7-5-4-6-13(14)18-15(19)17-12-9-8-11(2)16-10-12/h4-10H,3H2,1-2H3,(H2,17,18,19). The van der Waals surface area contributed by atoms with Gasteiger partial charge in [0.25, 0.3) is 0 Å². The summed E-state index contributed by atoms with van der Waals surface area (Å²) in [5, 5.41) is 5.47. The summed E-state index contributed by atoms with van der Waals surface area (Å²) in [4.78, 5) is 16.0. The second-order valence-electron chi connectivity index (χ2n) is 4.20. The molecule has 1 aromatic carbocycles. The highest BCUT2D eigenvalue weighted by molar-refractivity contribution is 6.00. The molecule has 0 aliphatic rings. The van der Waals surface area contributed by atoms with Gasteiger partial charge in [-0.05, 0) is 38.1 Å². The van der Waals surface area contributed by atoms with Gasteiger partial charge in [-0.1, -0.05) is 12.1 Å². The van der Waals surface area contributed by atoms with E-state index < -0.39 is 0 Å². The van der Waals surface area contributed by atoms with Crippen LogP contribution in [0.25, 0.3) is 0 Å². The van der Waals surface area contributed by atoms with Crippen LogP contribution in [-0.4, -0.2) is 17.6 Å². The molecule has 0 saturated heterocycles. The second kappa shape index (κ2) is 6.56. The first-order valence-corrected chi connectivity index (χ1v) is 6.41. The third-order valence-electron chi connectivity index (χ3n) is 2.60. The molecule has 5 nitrogen and oxygen atoms in total. The number of carbonyl (C=O) groups excluding carboxylic acids is 1. The number of benzene rings is 1. The first-order valence-electron chi connectivity index (χ1n) is 6.41. The van der Waals surface area contributed by atoms with Crippen LogP contribution in [0.5, 0.6) is 5.75 Å². The maximum absolute atomic E-state index is 11.9. The molecule has 0 atom stereocenters. The molecule has 104 valence electrons. The molecule has 2 amide bonds. The van der Waals surface area contributed by atoms with Gasteiger partial charge in [-0.25, -0.2) is 4.79 Å². The lowest BCUT2D eigenvalue weighted by Crippen LogP contribution is -2.20. The van der Waals surface area contributed by atoms with Crippen LogP contribution in [0.4, 0.5) is 16.2 Å². The first kappa shape index (κ1) is 13.9. The number of ether oxygens (including phenoxy) is 1. The van der Waals surface area contributed by atoms with Gasteiger partial charge in [-0.3, -0.25) is 4.98 Å². The van der Waals surface area contributed by atoms with Crippen molar-refractivity contribution >= 4 is 17.4 Å². The molecule has 20 heavy (non-hydrogen) atoms. The highest BCUT2D eigenvalue weighted by atomic mass is 16.5. The quantitative estimate of drug-likeness (QED) is 0.895. The lowest BCUT2D eigenvalue weighted by atomic mass is 10.3. The summed E-state index contributed by atoms with van der Waals surface area (Å²) < 4.78 is 5.45. The fraction of sp³-hybridized carbons (Fsp3) is 0.200. The average Bonchev–Trinajstić information content (AvgIpc) is 2.44. The molecule has 2 aromatic rings. The topological polar surface area (TPSA) is 63.2 Å². The van der Waals surface area contributed by atoms with Crippen LogP contribution in [0.15, 0.2) is 42.6 Å². The average molecular weight is 271 g/mol. The molecule has 2 rings (SSSR count). The Morgan fingerprint density at radius 1 is 1.20 bits per heavy atom. The normalized spacial score (nSPS) is 9.90. The minimum Gasteiger partial charge on any atom is -0.492 e. The van der Waals surface area contributed by atoms with E-state index in [-0.39, 0.29) is 6.03 Å². The van der Waals surface area contributed by atoms with E-state index in [4.69, 9.17) is 4.74 Å². The van der Waals surface area contributed by atoms with E-state index in [2.05, 4.69) is 15.6 Å². The zero-order valence-electron chi connectivity index (χ0n) is 11.5. The fourth-order valence-electron chi connectivity index (χ4n) is 1.68. The van der Waals surface area contributed by atoms with Crippen molar-refractivity contribution in [1.29, 1.82) is 0 Å². The fourth-order valence-corrected chi connectivity index (χ4v) is 1.68. The number of aryl methyl sites for hydroxylation is 1. The summed E-state index contributed by atoms with van der Waals surface area (Å²) >= 11 is 0. The van der Waals surface area contributed by atoms with Crippen LogP contribution in [-0.2, 0) is 0 Å². The van der Waals surface area contributed by atoms with Crippen LogP contribution < -0.4 is 15.4 Å². The summed E-state index contributed by atoms with van der Waals surface area (Å²) in [5.74, 6) is 0.646. The number of hydrogen-bond acceptors (Lipinski definition) is 3. The van der Waals surface area contributed by atoms with Gasteiger partial charge in [0, 0.05) is 5.69 Å². The Bertz CT molecular complexity index is 582. The monoisotopic (exact) mass is 271 g/mol. The Morgan fingerprint density at radius 3 is 2.70 bits per heavy atom. The maximum Gasteiger partial charge on any atom is 0.323 e. The minimum atomic E-state index is -0.331. The van der Waals surface area contributed by atoms with Crippen molar-refractivity contribution in [2.75, 3.05) is 17.2 Å². The first-order chi connectivity index (χ1) is 9.69. The zero-order chi connectivity index (χ0) is 14.4. The van der Waals surface area contributed by atoms with Crippen molar-refractivity contribution in [2.45, 2.75) is 13.8 Å². The van der Waals surface area contributed by atoms with Crippen LogP contribution in [0.3, 0.4) is 0 Å². The molecule has 1 heterocycles. The van der Waals surface area contributed by atoms with E-state index in [1.54, 1.807) is 18.3 Å². The summed E-state index contributed by atoms with van der Waals surface area (Å²) in [6, 6.07) is 10.6. The third kappa shape index (κ3) is 3.71. The van der Waals surface area contributed by atoms with Gasteiger partial charge in [-0.2, -0.15) is 0 Å². The number of rotatable bonds is 4. The number of nitrogens with one attached hydrogen (secondary N) is 2. The molecule has 0 bridgehead atoms. The van der Waals surface area contributed by atoms with Crippen molar-refractivity contribution in [3.05, 3.63) is 48.3 Å². The number of anilines is 2. The Morgan fingerprint density at radius 2 is 2.00 bits per heavy atom. The largest absolute Gasteiger partial charge is 0.492 e. The summed E-state index contributed by atoms with van der Waals surface area (Å²) in [6.45, 7) is 4.33. The van der Waals surface area contributed by atoms with Gasteiger partial charge in [0.2, 0.25) is 0 Å². The molecule has 0 spiro atoms. The van der Waals surface area contributed by atoms with Crippen LogP contribution >= 0.6 is 0 Å². The van der Waals surface area contributed by atoms with Gasteiger partial charge in [0.05, 0.1) is 24.2 Å². The molecule has 5 heteroatoms. The Balaban J connectivity index is 2.02. The molecular formula is C15H17N3O2. The lowest BCUT2D eigenvalue weighted by Gasteiger charge is -2.12. The second-order valence-corrected chi connectivity index (χ2v) is 4.20. The molecule has 2 N–H and O–H groups in total. The maximum atomic E-state index is 11.9. The SMILES string of the molecule is CCOc1ccccc1NC(=O)Nc1ccc(C)nc1. The van der Waals surface area contributed by atoms with Gasteiger partial charge >= 0.3 is 6.03 Å². The smallest absolute Gasteiger partial charge is 0.323 e. The van der Waals surface area contributed by atoms with E-state index in [0.29, 0.717) is 23.7 Å². The number of nitrogens with zero attached hydrogens (tertiary/aromatic N) is 1. The van der Waals surface area contributed by atoms with Gasteiger partial charge in [0.15, 0.2) is 0 Å². The van der Waals surface area contributed by atoms with Crippen molar-refractivity contribution in [1.82, 2.24) is 4.98 Å². The third-order valence-corrected chi connectivity index (χ3v) is 2.60. The van der Waals surface area contributed by atoms with Gasteiger partial charge in [-0.15, -0.1) is 0 Å².